The van der Waals surface area contributed by atoms with E-state index >= 15 is 0 Å². The van der Waals surface area contributed by atoms with Crippen LogP contribution < -0.4 is 0 Å². The molecular weight excluding hydrogens is 172 g/mol. The maximum Gasteiger partial charge on any atom is 0.106 e. The van der Waals surface area contributed by atoms with E-state index in [0.717, 1.165) is 26.2 Å². The standard InChI is InChI=1S/C12H27N2/c1-6-11-12(13(7-2)8-3)14(9-4)10-5/h6-11H2,1-5H3. The summed E-state index contributed by atoms with van der Waals surface area (Å²) < 4.78 is 0. The Bertz CT molecular complexity index is 105. The van der Waals surface area contributed by atoms with Crippen molar-refractivity contribution in [2.24, 2.45) is 0 Å². The first kappa shape index (κ1) is 13.9. The van der Waals surface area contributed by atoms with Crippen molar-refractivity contribution in [2.75, 3.05) is 26.2 Å². The van der Waals surface area contributed by atoms with Gasteiger partial charge < -0.3 is 0 Å². The Morgan fingerprint density at radius 1 is 0.714 bits per heavy atom. The fourth-order valence-corrected chi connectivity index (χ4v) is 1.92. The zero-order chi connectivity index (χ0) is 11.0. The molecule has 0 saturated heterocycles. The second-order valence-electron chi connectivity index (χ2n) is 3.51. The van der Waals surface area contributed by atoms with Crippen LogP contribution in [0, 0.1) is 6.17 Å². The summed E-state index contributed by atoms with van der Waals surface area (Å²) in [5.74, 6) is 0. The summed E-state index contributed by atoms with van der Waals surface area (Å²) in [4.78, 5) is 4.97. The van der Waals surface area contributed by atoms with Crippen LogP contribution in [-0.2, 0) is 0 Å². The minimum Gasteiger partial charge on any atom is -0.283 e. The van der Waals surface area contributed by atoms with Gasteiger partial charge in [-0.05, 0) is 32.6 Å². The maximum atomic E-state index is 2.48. The molecule has 0 heterocycles. The Labute approximate surface area is 90.3 Å². The number of hydrogen-bond donors (Lipinski definition) is 0. The summed E-state index contributed by atoms with van der Waals surface area (Å²) in [6.07, 6.45) is 3.98. The summed E-state index contributed by atoms with van der Waals surface area (Å²) in [5.41, 5.74) is 0. The smallest absolute Gasteiger partial charge is 0.106 e. The Hall–Kier alpha value is -0.0800. The second kappa shape index (κ2) is 8.25. The van der Waals surface area contributed by atoms with Crippen LogP contribution in [0.5, 0.6) is 0 Å². The van der Waals surface area contributed by atoms with E-state index in [2.05, 4.69) is 44.4 Å². The predicted octanol–water partition coefficient (Wildman–Crippen LogP) is 2.96. The van der Waals surface area contributed by atoms with Gasteiger partial charge in [0.25, 0.3) is 0 Å². The number of hydrogen-bond acceptors (Lipinski definition) is 2. The van der Waals surface area contributed by atoms with Gasteiger partial charge in [0.1, 0.15) is 6.17 Å². The summed E-state index contributed by atoms with van der Waals surface area (Å²) in [6.45, 7) is 15.7. The third-order valence-electron chi connectivity index (χ3n) is 2.73. The molecule has 0 atom stereocenters. The fraction of sp³-hybridized carbons (Fsp3) is 0.917. The lowest BCUT2D eigenvalue weighted by molar-refractivity contribution is 0.144. The third kappa shape index (κ3) is 3.97. The minimum atomic E-state index is 1.13. The van der Waals surface area contributed by atoms with Crippen LogP contribution in [0.4, 0.5) is 0 Å². The highest BCUT2D eigenvalue weighted by Gasteiger charge is 2.21. The van der Waals surface area contributed by atoms with E-state index in [1.165, 1.54) is 19.0 Å². The van der Waals surface area contributed by atoms with Crippen molar-refractivity contribution in [3.63, 3.8) is 0 Å². The summed E-state index contributed by atoms with van der Waals surface area (Å²) in [5, 5.41) is 0. The molecule has 0 spiro atoms. The lowest BCUT2D eigenvalue weighted by Crippen LogP contribution is -2.41. The van der Waals surface area contributed by atoms with Crippen molar-refractivity contribution >= 4 is 0 Å². The van der Waals surface area contributed by atoms with Gasteiger partial charge in [0.15, 0.2) is 0 Å². The molecule has 0 aliphatic rings. The summed E-state index contributed by atoms with van der Waals surface area (Å²) >= 11 is 0. The van der Waals surface area contributed by atoms with E-state index in [1.807, 2.05) is 0 Å². The first-order chi connectivity index (χ1) is 6.74. The van der Waals surface area contributed by atoms with Crippen molar-refractivity contribution in [3.05, 3.63) is 6.17 Å². The van der Waals surface area contributed by atoms with Crippen molar-refractivity contribution in [1.82, 2.24) is 9.80 Å². The van der Waals surface area contributed by atoms with E-state index in [9.17, 15) is 0 Å². The van der Waals surface area contributed by atoms with E-state index < -0.39 is 0 Å². The van der Waals surface area contributed by atoms with Crippen molar-refractivity contribution < 1.29 is 0 Å². The molecule has 0 aromatic rings. The molecule has 0 aromatic heterocycles. The average Bonchev–Trinajstić information content (AvgIpc) is 2.21. The van der Waals surface area contributed by atoms with E-state index in [0.29, 0.717) is 0 Å². The van der Waals surface area contributed by atoms with Gasteiger partial charge in [-0.25, -0.2) is 0 Å². The Balaban J connectivity index is 4.36. The molecule has 1 radical (unpaired) electrons. The highest BCUT2D eigenvalue weighted by molar-refractivity contribution is 4.87. The van der Waals surface area contributed by atoms with E-state index in [1.54, 1.807) is 0 Å². The quantitative estimate of drug-likeness (QED) is 0.593. The molecule has 2 nitrogen and oxygen atoms in total. The summed E-state index contributed by atoms with van der Waals surface area (Å²) in [7, 11) is 0. The molecule has 2 heteroatoms. The molecule has 0 aromatic carbocycles. The largest absolute Gasteiger partial charge is 0.283 e. The molecular formula is C12H27N2. The van der Waals surface area contributed by atoms with Gasteiger partial charge in [0, 0.05) is 0 Å². The van der Waals surface area contributed by atoms with Gasteiger partial charge in [-0.1, -0.05) is 41.0 Å². The highest BCUT2D eigenvalue weighted by atomic mass is 15.3. The average molecular weight is 199 g/mol. The van der Waals surface area contributed by atoms with Crippen LogP contribution in [0.2, 0.25) is 0 Å². The topological polar surface area (TPSA) is 6.48 Å². The normalized spacial score (nSPS) is 12.0. The highest BCUT2D eigenvalue weighted by Crippen LogP contribution is 2.19. The van der Waals surface area contributed by atoms with Crippen LogP contribution in [0.1, 0.15) is 47.5 Å². The number of rotatable bonds is 8. The second-order valence-corrected chi connectivity index (χ2v) is 3.51. The van der Waals surface area contributed by atoms with Crippen LogP contribution in [0.25, 0.3) is 0 Å². The van der Waals surface area contributed by atoms with Crippen LogP contribution in [0.15, 0.2) is 0 Å². The van der Waals surface area contributed by atoms with Crippen LogP contribution in [0.3, 0.4) is 0 Å². The van der Waals surface area contributed by atoms with Gasteiger partial charge in [0.05, 0.1) is 0 Å². The van der Waals surface area contributed by atoms with Gasteiger partial charge in [-0.3, -0.25) is 9.80 Å². The monoisotopic (exact) mass is 199 g/mol. The van der Waals surface area contributed by atoms with Crippen LogP contribution >= 0.6 is 0 Å². The molecule has 0 bridgehead atoms. The third-order valence-corrected chi connectivity index (χ3v) is 2.73. The molecule has 0 aliphatic carbocycles. The van der Waals surface area contributed by atoms with Gasteiger partial charge >= 0.3 is 0 Å². The molecule has 0 N–H and O–H groups in total. The zero-order valence-corrected chi connectivity index (χ0v) is 10.6. The summed E-state index contributed by atoms with van der Waals surface area (Å²) in [6, 6.07) is 0. The van der Waals surface area contributed by atoms with Crippen molar-refractivity contribution in [1.29, 1.82) is 0 Å². The van der Waals surface area contributed by atoms with Gasteiger partial charge in [-0.15, -0.1) is 0 Å². The van der Waals surface area contributed by atoms with E-state index in [-0.39, 0.29) is 0 Å². The minimum absolute atomic E-state index is 1.13. The number of nitrogens with zero attached hydrogens (tertiary/aromatic N) is 2. The predicted molar refractivity (Wildman–Crippen MR) is 64.0 cm³/mol. The van der Waals surface area contributed by atoms with Crippen LogP contribution in [-0.4, -0.2) is 36.0 Å². The lowest BCUT2D eigenvalue weighted by Gasteiger charge is -2.36. The Kier molecular flexibility index (Phi) is 8.20. The molecule has 0 rings (SSSR count). The maximum absolute atomic E-state index is 2.48. The molecule has 0 saturated carbocycles. The zero-order valence-electron chi connectivity index (χ0n) is 10.6. The van der Waals surface area contributed by atoms with Gasteiger partial charge in [0.2, 0.25) is 0 Å². The Morgan fingerprint density at radius 2 is 1.07 bits per heavy atom. The molecule has 0 amide bonds. The fourth-order valence-electron chi connectivity index (χ4n) is 1.92. The molecule has 0 aliphatic heterocycles. The molecule has 14 heavy (non-hydrogen) atoms. The first-order valence-corrected chi connectivity index (χ1v) is 6.10. The Morgan fingerprint density at radius 3 is 1.29 bits per heavy atom. The molecule has 0 fully saturated rings. The SMILES string of the molecule is CCC[C](N(CC)CC)N(CC)CC. The van der Waals surface area contributed by atoms with Gasteiger partial charge in [-0.2, -0.15) is 0 Å². The lowest BCUT2D eigenvalue weighted by atomic mass is 10.2. The van der Waals surface area contributed by atoms with Crippen molar-refractivity contribution in [3.8, 4) is 0 Å². The van der Waals surface area contributed by atoms with Crippen molar-refractivity contribution in [2.45, 2.75) is 47.5 Å². The first-order valence-electron chi connectivity index (χ1n) is 6.10. The molecule has 85 valence electrons. The molecule has 0 unspecified atom stereocenters. The van der Waals surface area contributed by atoms with E-state index in [4.69, 9.17) is 0 Å².